The number of esters is 1. The Balaban J connectivity index is 2.35. The van der Waals surface area contributed by atoms with Gasteiger partial charge in [-0.3, -0.25) is 4.98 Å². The van der Waals surface area contributed by atoms with E-state index < -0.39 is 0 Å². The number of pyridine rings is 1. The molecule has 2 aromatic rings. The van der Waals surface area contributed by atoms with Gasteiger partial charge in [0.05, 0.1) is 12.7 Å². The lowest BCUT2D eigenvalue weighted by atomic mass is 9.86. The van der Waals surface area contributed by atoms with E-state index in [0.717, 1.165) is 11.1 Å². The molecular formula is C17H19NO2. The van der Waals surface area contributed by atoms with Gasteiger partial charge >= 0.3 is 5.97 Å². The summed E-state index contributed by atoms with van der Waals surface area (Å²) in [4.78, 5) is 15.6. The molecule has 0 unspecified atom stereocenters. The number of ether oxygens (including phenoxy) is 1. The van der Waals surface area contributed by atoms with Crippen LogP contribution in [0.25, 0.3) is 11.1 Å². The van der Waals surface area contributed by atoms with Crippen molar-refractivity contribution >= 4 is 5.97 Å². The molecule has 0 N–H and O–H groups in total. The Labute approximate surface area is 119 Å². The normalized spacial score (nSPS) is 11.2. The van der Waals surface area contributed by atoms with E-state index in [4.69, 9.17) is 4.74 Å². The zero-order valence-corrected chi connectivity index (χ0v) is 12.3. The van der Waals surface area contributed by atoms with Gasteiger partial charge < -0.3 is 4.74 Å². The van der Waals surface area contributed by atoms with Crippen LogP contribution >= 0.6 is 0 Å². The number of benzene rings is 1. The molecule has 0 spiro atoms. The van der Waals surface area contributed by atoms with Crippen molar-refractivity contribution in [2.24, 2.45) is 0 Å². The predicted octanol–water partition coefficient (Wildman–Crippen LogP) is 3.83. The third kappa shape index (κ3) is 3.05. The summed E-state index contributed by atoms with van der Waals surface area (Å²) in [7, 11) is 1.37. The van der Waals surface area contributed by atoms with Crippen LogP contribution in [0.1, 0.15) is 36.7 Å². The van der Waals surface area contributed by atoms with E-state index in [1.165, 1.54) is 18.9 Å². The summed E-state index contributed by atoms with van der Waals surface area (Å²) in [6, 6.07) is 10.1. The van der Waals surface area contributed by atoms with Gasteiger partial charge in [-0.2, -0.15) is 0 Å². The van der Waals surface area contributed by atoms with Gasteiger partial charge in [-0.1, -0.05) is 45.0 Å². The molecule has 1 heterocycles. The van der Waals surface area contributed by atoms with E-state index >= 15 is 0 Å². The van der Waals surface area contributed by atoms with Gasteiger partial charge in [0.2, 0.25) is 0 Å². The first kappa shape index (κ1) is 14.3. The first-order valence-electron chi connectivity index (χ1n) is 6.56. The topological polar surface area (TPSA) is 39.2 Å². The molecule has 2 rings (SSSR count). The highest BCUT2D eigenvalue weighted by molar-refractivity contribution is 5.90. The lowest BCUT2D eigenvalue weighted by Gasteiger charge is -2.19. The second-order valence-corrected chi connectivity index (χ2v) is 5.78. The molecule has 0 fully saturated rings. The van der Waals surface area contributed by atoms with Crippen molar-refractivity contribution in [3.05, 3.63) is 53.9 Å². The maximum Gasteiger partial charge on any atom is 0.339 e. The van der Waals surface area contributed by atoms with Gasteiger partial charge in [-0.05, 0) is 22.6 Å². The molecule has 0 aliphatic heterocycles. The third-order valence-electron chi connectivity index (χ3n) is 3.24. The predicted molar refractivity (Wildman–Crippen MR) is 79.7 cm³/mol. The summed E-state index contributed by atoms with van der Waals surface area (Å²) in [6.45, 7) is 6.55. The summed E-state index contributed by atoms with van der Waals surface area (Å²) < 4.78 is 4.71. The van der Waals surface area contributed by atoms with Crippen LogP contribution in [0.4, 0.5) is 0 Å². The average molecular weight is 269 g/mol. The van der Waals surface area contributed by atoms with Crippen LogP contribution in [-0.4, -0.2) is 18.1 Å². The maximum absolute atomic E-state index is 11.5. The molecule has 0 bridgehead atoms. The fourth-order valence-corrected chi connectivity index (χ4v) is 1.99. The van der Waals surface area contributed by atoms with Crippen LogP contribution in [0.3, 0.4) is 0 Å². The Morgan fingerprint density at radius 1 is 1.05 bits per heavy atom. The van der Waals surface area contributed by atoms with Gasteiger partial charge in [-0.25, -0.2) is 4.79 Å². The SMILES string of the molecule is COC(=O)c1cncc(-c2ccc(C(C)(C)C)cc2)c1. The molecule has 0 aliphatic carbocycles. The van der Waals surface area contributed by atoms with Gasteiger partial charge in [0, 0.05) is 18.0 Å². The molecule has 0 atom stereocenters. The fraction of sp³-hybridized carbons (Fsp3) is 0.294. The van der Waals surface area contributed by atoms with Crippen molar-refractivity contribution in [3.63, 3.8) is 0 Å². The molecular weight excluding hydrogens is 250 g/mol. The second kappa shape index (κ2) is 5.45. The van der Waals surface area contributed by atoms with Crippen molar-refractivity contribution < 1.29 is 9.53 Å². The molecule has 0 saturated heterocycles. The molecule has 104 valence electrons. The van der Waals surface area contributed by atoms with Gasteiger partial charge in [-0.15, -0.1) is 0 Å². The Kier molecular flexibility index (Phi) is 3.89. The van der Waals surface area contributed by atoms with E-state index in [9.17, 15) is 4.79 Å². The van der Waals surface area contributed by atoms with E-state index in [1.807, 2.05) is 0 Å². The average Bonchev–Trinajstić information content (AvgIpc) is 2.46. The number of carbonyl (C=O) groups is 1. The summed E-state index contributed by atoms with van der Waals surface area (Å²) in [6.07, 6.45) is 3.26. The minimum atomic E-state index is -0.370. The van der Waals surface area contributed by atoms with Gasteiger partial charge in [0.25, 0.3) is 0 Å². The molecule has 0 aliphatic rings. The summed E-state index contributed by atoms with van der Waals surface area (Å²) in [5.74, 6) is -0.370. The molecule has 1 aromatic carbocycles. The number of nitrogens with zero attached hydrogens (tertiary/aromatic N) is 1. The first-order chi connectivity index (χ1) is 9.41. The molecule has 20 heavy (non-hydrogen) atoms. The van der Waals surface area contributed by atoms with Crippen molar-refractivity contribution in [3.8, 4) is 11.1 Å². The minimum Gasteiger partial charge on any atom is -0.465 e. The Morgan fingerprint density at radius 3 is 2.25 bits per heavy atom. The molecule has 3 nitrogen and oxygen atoms in total. The zero-order chi connectivity index (χ0) is 14.8. The number of rotatable bonds is 2. The number of carbonyl (C=O) groups excluding carboxylic acids is 1. The number of methoxy groups -OCH3 is 1. The van der Waals surface area contributed by atoms with E-state index in [1.54, 1.807) is 12.3 Å². The summed E-state index contributed by atoms with van der Waals surface area (Å²) in [5, 5.41) is 0. The van der Waals surface area contributed by atoms with Crippen LogP contribution in [0, 0.1) is 0 Å². The number of hydrogen-bond acceptors (Lipinski definition) is 3. The minimum absolute atomic E-state index is 0.130. The summed E-state index contributed by atoms with van der Waals surface area (Å²) in [5.41, 5.74) is 3.82. The van der Waals surface area contributed by atoms with Gasteiger partial charge in [0.15, 0.2) is 0 Å². The maximum atomic E-state index is 11.5. The standard InChI is InChI=1S/C17H19NO2/c1-17(2,3)15-7-5-12(6-8-15)13-9-14(11-18-10-13)16(19)20-4/h5-11H,1-4H3. The quantitative estimate of drug-likeness (QED) is 0.778. The largest absolute Gasteiger partial charge is 0.465 e. The fourth-order valence-electron chi connectivity index (χ4n) is 1.99. The number of hydrogen-bond donors (Lipinski definition) is 0. The van der Waals surface area contributed by atoms with Crippen LogP contribution in [0.5, 0.6) is 0 Å². The Hall–Kier alpha value is -2.16. The Morgan fingerprint density at radius 2 is 1.70 bits per heavy atom. The lowest BCUT2D eigenvalue weighted by molar-refractivity contribution is 0.0600. The molecule has 1 aromatic heterocycles. The van der Waals surface area contributed by atoms with Crippen LogP contribution in [0.2, 0.25) is 0 Å². The zero-order valence-electron chi connectivity index (χ0n) is 12.3. The number of aromatic nitrogens is 1. The Bertz CT molecular complexity index is 610. The third-order valence-corrected chi connectivity index (χ3v) is 3.24. The highest BCUT2D eigenvalue weighted by atomic mass is 16.5. The van der Waals surface area contributed by atoms with Crippen molar-refractivity contribution in [2.45, 2.75) is 26.2 Å². The smallest absolute Gasteiger partial charge is 0.339 e. The molecule has 0 radical (unpaired) electrons. The highest BCUT2D eigenvalue weighted by Gasteiger charge is 2.13. The van der Waals surface area contributed by atoms with Crippen LogP contribution in [0.15, 0.2) is 42.7 Å². The van der Waals surface area contributed by atoms with Crippen molar-refractivity contribution in [1.82, 2.24) is 4.98 Å². The van der Waals surface area contributed by atoms with E-state index in [2.05, 4.69) is 50.0 Å². The first-order valence-corrected chi connectivity index (χ1v) is 6.56. The molecule has 3 heteroatoms. The highest BCUT2D eigenvalue weighted by Crippen LogP contribution is 2.26. The monoisotopic (exact) mass is 269 g/mol. The van der Waals surface area contributed by atoms with E-state index in [0.29, 0.717) is 5.56 Å². The van der Waals surface area contributed by atoms with Crippen molar-refractivity contribution in [1.29, 1.82) is 0 Å². The second-order valence-electron chi connectivity index (χ2n) is 5.78. The lowest BCUT2D eigenvalue weighted by Crippen LogP contribution is -2.10. The van der Waals surface area contributed by atoms with Gasteiger partial charge in [0.1, 0.15) is 0 Å². The van der Waals surface area contributed by atoms with E-state index in [-0.39, 0.29) is 11.4 Å². The van der Waals surface area contributed by atoms with Crippen LogP contribution < -0.4 is 0 Å². The molecule has 0 amide bonds. The molecule has 0 saturated carbocycles. The summed E-state index contributed by atoms with van der Waals surface area (Å²) >= 11 is 0. The van der Waals surface area contributed by atoms with Crippen molar-refractivity contribution in [2.75, 3.05) is 7.11 Å². The van der Waals surface area contributed by atoms with Crippen LogP contribution in [-0.2, 0) is 10.2 Å².